The maximum atomic E-state index is 6.98. The van der Waals surface area contributed by atoms with E-state index in [2.05, 4.69) is 5.32 Å². The maximum absolute atomic E-state index is 6.98. The molecule has 0 saturated heterocycles. The Hall–Kier alpha value is -1.25. The number of hydrogen-bond donors (Lipinski definition) is 3. The second-order valence-corrected chi connectivity index (χ2v) is 1.69. The highest BCUT2D eigenvalue weighted by atomic mass is 14.9. The quantitative estimate of drug-likeness (QED) is 0.342. The molecule has 0 aromatic carbocycles. The Morgan fingerprint density at radius 2 is 2.33 bits per heavy atom. The first-order valence-corrected chi connectivity index (χ1v) is 2.62. The molecule has 1 rings (SSSR count). The summed E-state index contributed by atoms with van der Waals surface area (Å²) in [4.78, 5) is 0. The van der Waals surface area contributed by atoms with Gasteiger partial charge in [-0.25, -0.2) is 0 Å². The van der Waals surface area contributed by atoms with Gasteiger partial charge >= 0.3 is 0 Å². The van der Waals surface area contributed by atoms with E-state index in [1.54, 1.807) is 12.3 Å². The van der Waals surface area contributed by atoms with Crippen LogP contribution >= 0.6 is 0 Å². The Morgan fingerprint density at radius 3 is 2.67 bits per heavy atom. The number of amidine groups is 1. The molecule has 0 unspecified atom stereocenters. The van der Waals surface area contributed by atoms with Crippen LogP contribution < -0.4 is 11.1 Å². The lowest BCUT2D eigenvalue weighted by atomic mass is 10.2. The minimum atomic E-state index is 0.0654. The Morgan fingerprint density at radius 1 is 1.56 bits per heavy atom. The molecule has 1 radical (unpaired) electrons. The molecule has 0 aliphatic carbocycles. The Kier molecular flexibility index (Phi) is 1.53. The SMILES string of the molecule is N=C(N)[C]1C=CC=CN1. The number of allylic oxidation sites excluding steroid dienone is 2. The summed E-state index contributed by atoms with van der Waals surface area (Å²) in [7, 11) is 0. The highest BCUT2D eigenvalue weighted by Gasteiger charge is 2.06. The molecule has 4 N–H and O–H groups in total. The molecule has 0 atom stereocenters. The average molecular weight is 122 g/mol. The molecule has 0 aromatic rings. The van der Waals surface area contributed by atoms with Crippen molar-refractivity contribution in [3.05, 3.63) is 30.5 Å². The summed E-state index contributed by atoms with van der Waals surface area (Å²) in [5.74, 6) is 0.0654. The minimum absolute atomic E-state index is 0.0654. The van der Waals surface area contributed by atoms with E-state index in [0.717, 1.165) is 0 Å². The Balaban J connectivity index is 2.56. The lowest BCUT2D eigenvalue weighted by Crippen LogP contribution is -2.29. The van der Waals surface area contributed by atoms with Crippen LogP contribution in [0.4, 0.5) is 0 Å². The molecule has 0 amide bonds. The van der Waals surface area contributed by atoms with Crippen LogP contribution in [0.3, 0.4) is 0 Å². The minimum Gasteiger partial charge on any atom is -0.385 e. The van der Waals surface area contributed by atoms with Crippen LogP contribution in [0, 0.1) is 11.5 Å². The first-order valence-electron chi connectivity index (χ1n) is 2.62. The number of dihydropyridines is 1. The molecule has 0 bridgehead atoms. The first kappa shape index (κ1) is 5.88. The van der Waals surface area contributed by atoms with Crippen molar-refractivity contribution in [3.63, 3.8) is 0 Å². The van der Waals surface area contributed by atoms with Crippen LogP contribution in [0.15, 0.2) is 24.4 Å². The van der Waals surface area contributed by atoms with Gasteiger partial charge in [0.15, 0.2) is 0 Å². The fourth-order valence-electron chi connectivity index (χ4n) is 0.561. The van der Waals surface area contributed by atoms with Gasteiger partial charge in [0.1, 0.15) is 11.9 Å². The summed E-state index contributed by atoms with van der Waals surface area (Å²) in [6, 6.07) is 0.650. The summed E-state index contributed by atoms with van der Waals surface area (Å²) < 4.78 is 0. The van der Waals surface area contributed by atoms with Gasteiger partial charge in [0.05, 0.1) is 0 Å². The van der Waals surface area contributed by atoms with E-state index in [-0.39, 0.29) is 5.84 Å². The molecule has 1 heterocycles. The van der Waals surface area contributed by atoms with Crippen LogP contribution in [0.1, 0.15) is 0 Å². The largest absolute Gasteiger partial charge is 0.385 e. The molecular formula is C6H8N3. The van der Waals surface area contributed by atoms with E-state index in [4.69, 9.17) is 11.1 Å². The number of rotatable bonds is 1. The summed E-state index contributed by atoms with van der Waals surface area (Å²) >= 11 is 0. The van der Waals surface area contributed by atoms with E-state index in [0.29, 0.717) is 6.04 Å². The van der Waals surface area contributed by atoms with Crippen molar-refractivity contribution in [2.75, 3.05) is 0 Å². The molecule has 3 heteroatoms. The molecule has 9 heavy (non-hydrogen) atoms. The van der Waals surface area contributed by atoms with Gasteiger partial charge in [0.2, 0.25) is 0 Å². The van der Waals surface area contributed by atoms with Gasteiger partial charge in [-0.3, -0.25) is 5.41 Å². The van der Waals surface area contributed by atoms with E-state index in [1.165, 1.54) is 0 Å². The lowest BCUT2D eigenvalue weighted by Gasteiger charge is -2.10. The number of nitrogens with two attached hydrogens (primary N) is 1. The molecule has 3 nitrogen and oxygen atoms in total. The van der Waals surface area contributed by atoms with Crippen molar-refractivity contribution in [3.8, 4) is 0 Å². The van der Waals surface area contributed by atoms with Gasteiger partial charge in [-0.1, -0.05) is 6.08 Å². The molecular weight excluding hydrogens is 114 g/mol. The topological polar surface area (TPSA) is 61.9 Å². The fraction of sp³-hybridized carbons (Fsp3) is 0. The number of nitrogens with one attached hydrogen (secondary N) is 2. The summed E-state index contributed by atoms with van der Waals surface area (Å²) in [6.07, 6.45) is 7.15. The molecule has 0 saturated carbocycles. The van der Waals surface area contributed by atoms with Crippen molar-refractivity contribution in [2.45, 2.75) is 0 Å². The predicted octanol–water partition coefficient (Wildman–Crippen LogP) is 0.127. The molecule has 0 fully saturated rings. The third-order valence-corrected chi connectivity index (χ3v) is 0.999. The zero-order valence-corrected chi connectivity index (χ0v) is 4.89. The van der Waals surface area contributed by atoms with Crippen molar-refractivity contribution in [1.82, 2.24) is 5.32 Å². The lowest BCUT2D eigenvalue weighted by molar-refractivity contribution is 1.00. The van der Waals surface area contributed by atoms with Crippen LogP contribution in [0.2, 0.25) is 0 Å². The highest BCUT2D eigenvalue weighted by Crippen LogP contribution is 2.00. The fourth-order valence-corrected chi connectivity index (χ4v) is 0.561. The first-order chi connectivity index (χ1) is 4.30. The van der Waals surface area contributed by atoms with Crippen molar-refractivity contribution in [1.29, 1.82) is 5.41 Å². The van der Waals surface area contributed by atoms with Gasteiger partial charge in [-0.05, 0) is 18.4 Å². The maximum Gasteiger partial charge on any atom is 0.147 e. The Labute approximate surface area is 53.8 Å². The van der Waals surface area contributed by atoms with E-state index >= 15 is 0 Å². The standard InChI is InChI=1S/C6H8N3/c7-6(8)5-3-1-2-4-9-5/h1-4,9H,(H3,7,8). The van der Waals surface area contributed by atoms with Crippen molar-refractivity contribution >= 4 is 5.84 Å². The van der Waals surface area contributed by atoms with Gasteiger partial charge in [0.25, 0.3) is 0 Å². The predicted molar refractivity (Wildman–Crippen MR) is 36.6 cm³/mol. The van der Waals surface area contributed by atoms with Crippen LogP contribution in [0.25, 0.3) is 0 Å². The molecule has 1 aliphatic rings. The van der Waals surface area contributed by atoms with E-state index in [9.17, 15) is 0 Å². The second-order valence-electron chi connectivity index (χ2n) is 1.69. The smallest absolute Gasteiger partial charge is 0.147 e. The third kappa shape index (κ3) is 1.32. The highest BCUT2D eigenvalue weighted by molar-refractivity contribution is 5.93. The van der Waals surface area contributed by atoms with Crippen LogP contribution in [-0.2, 0) is 0 Å². The van der Waals surface area contributed by atoms with Gasteiger partial charge in [0, 0.05) is 0 Å². The van der Waals surface area contributed by atoms with E-state index < -0.39 is 0 Å². The molecule has 1 aliphatic heterocycles. The Bertz CT molecular complexity index is 169. The summed E-state index contributed by atoms with van der Waals surface area (Å²) in [5, 5.41) is 9.80. The van der Waals surface area contributed by atoms with Gasteiger partial charge in [-0.2, -0.15) is 0 Å². The molecule has 47 valence electrons. The molecule has 0 aromatic heterocycles. The zero-order chi connectivity index (χ0) is 6.69. The van der Waals surface area contributed by atoms with Gasteiger partial charge in [-0.15, -0.1) is 0 Å². The second kappa shape index (κ2) is 2.35. The monoisotopic (exact) mass is 122 g/mol. The average Bonchev–Trinajstić information content (AvgIpc) is 1.90. The summed E-state index contributed by atoms with van der Waals surface area (Å²) in [6.45, 7) is 0. The van der Waals surface area contributed by atoms with Crippen molar-refractivity contribution < 1.29 is 0 Å². The van der Waals surface area contributed by atoms with Crippen molar-refractivity contribution in [2.24, 2.45) is 5.73 Å². The van der Waals surface area contributed by atoms with E-state index in [1.807, 2.05) is 12.2 Å². The van der Waals surface area contributed by atoms with Crippen LogP contribution in [0.5, 0.6) is 0 Å². The number of hydrogen-bond acceptors (Lipinski definition) is 2. The zero-order valence-electron chi connectivity index (χ0n) is 4.89. The van der Waals surface area contributed by atoms with Gasteiger partial charge < -0.3 is 11.1 Å². The third-order valence-electron chi connectivity index (χ3n) is 0.999. The van der Waals surface area contributed by atoms with Crippen LogP contribution in [-0.4, -0.2) is 5.84 Å². The normalized spacial score (nSPS) is 17.3. The summed E-state index contributed by atoms with van der Waals surface area (Å²) in [5.41, 5.74) is 5.17. The molecule has 0 spiro atoms.